The van der Waals surface area contributed by atoms with Crippen LogP contribution in [-0.4, -0.2) is 35.9 Å². The fourth-order valence-corrected chi connectivity index (χ4v) is 2.62. The monoisotopic (exact) mass is 309 g/mol. The lowest BCUT2D eigenvalue weighted by Crippen LogP contribution is -2.15. The minimum Gasteiger partial charge on any atom is -0.465 e. The molecule has 2 aromatic heterocycles. The number of nitrogens with zero attached hydrogens (tertiary/aromatic N) is 2. The quantitative estimate of drug-likeness (QED) is 0.853. The molecule has 0 saturated heterocycles. The Hall–Kier alpha value is -2.19. The average molecular weight is 309 g/mol. The molecular formula is C13H15N3O4S. The van der Waals surface area contributed by atoms with Crippen LogP contribution in [0, 0.1) is 6.92 Å². The van der Waals surface area contributed by atoms with E-state index in [0.29, 0.717) is 10.6 Å². The number of carbonyl (C=O) groups excluding carboxylic acids is 2. The molecule has 1 amide bonds. The van der Waals surface area contributed by atoms with E-state index in [4.69, 9.17) is 9.47 Å². The van der Waals surface area contributed by atoms with Gasteiger partial charge in [-0.2, -0.15) is 5.10 Å². The van der Waals surface area contributed by atoms with Crippen molar-refractivity contribution in [3.8, 4) is 0 Å². The maximum absolute atomic E-state index is 12.1. The first-order chi connectivity index (χ1) is 10.0. The summed E-state index contributed by atoms with van der Waals surface area (Å²) in [6.45, 7) is 2.11. The molecule has 2 aromatic rings. The number of rotatable bonds is 5. The van der Waals surface area contributed by atoms with Gasteiger partial charge in [0.15, 0.2) is 5.69 Å². The highest BCUT2D eigenvalue weighted by molar-refractivity contribution is 7.16. The minimum absolute atomic E-state index is 0.244. The summed E-state index contributed by atoms with van der Waals surface area (Å²) < 4.78 is 11.1. The molecule has 0 aromatic carbocycles. The molecule has 0 radical (unpaired) electrons. The van der Waals surface area contributed by atoms with Crippen LogP contribution in [0.5, 0.6) is 0 Å². The number of ether oxygens (including phenoxy) is 2. The fourth-order valence-electron chi connectivity index (χ4n) is 1.72. The van der Waals surface area contributed by atoms with Gasteiger partial charge in [-0.3, -0.25) is 4.79 Å². The van der Waals surface area contributed by atoms with Crippen molar-refractivity contribution in [2.75, 3.05) is 19.5 Å². The Bertz CT molecular complexity index is 662. The molecule has 0 bridgehead atoms. The van der Waals surface area contributed by atoms with E-state index in [2.05, 4.69) is 10.4 Å². The number of thiophene rings is 1. The third-order valence-electron chi connectivity index (χ3n) is 2.62. The van der Waals surface area contributed by atoms with Gasteiger partial charge in [-0.15, -0.1) is 11.3 Å². The SMILES string of the molecule is COCn1ccc(C(=O)Nc2sc(C)cc2C(=O)OC)n1. The zero-order valence-electron chi connectivity index (χ0n) is 11.9. The molecule has 0 atom stereocenters. The summed E-state index contributed by atoms with van der Waals surface area (Å²) in [4.78, 5) is 24.7. The molecular weight excluding hydrogens is 294 g/mol. The van der Waals surface area contributed by atoms with Crippen molar-refractivity contribution in [3.63, 3.8) is 0 Å². The molecule has 0 spiro atoms. The molecule has 0 aliphatic rings. The van der Waals surface area contributed by atoms with E-state index in [1.54, 1.807) is 25.4 Å². The summed E-state index contributed by atoms with van der Waals surface area (Å²) in [5.74, 6) is -0.878. The number of amides is 1. The number of methoxy groups -OCH3 is 2. The molecule has 2 rings (SSSR count). The number of hydrogen-bond donors (Lipinski definition) is 1. The second-order valence-electron chi connectivity index (χ2n) is 4.20. The molecule has 0 fully saturated rings. The molecule has 1 N–H and O–H groups in total. The molecule has 0 aliphatic carbocycles. The zero-order chi connectivity index (χ0) is 15.4. The first-order valence-electron chi connectivity index (χ1n) is 6.07. The van der Waals surface area contributed by atoms with Gasteiger partial charge in [-0.05, 0) is 19.1 Å². The lowest BCUT2D eigenvalue weighted by Gasteiger charge is -2.03. The maximum atomic E-state index is 12.1. The Morgan fingerprint density at radius 2 is 2.19 bits per heavy atom. The normalized spacial score (nSPS) is 10.4. The summed E-state index contributed by atoms with van der Waals surface area (Å²) in [6.07, 6.45) is 1.64. The second kappa shape index (κ2) is 6.51. The van der Waals surface area contributed by atoms with Crippen molar-refractivity contribution in [3.05, 3.63) is 34.5 Å². The highest BCUT2D eigenvalue weighted by Crippen LogP contribution is 2.28. The average Bonchev–Trinajstić information content (AvgIpc) is 3.05. The van der Waals surface area contributed by atoms with E-state index in [1.165, 1.54) is 23.1 Å². The highest BCUT2D eigenvalue weighted by atomic mass is 32.1. The van der Waals surface area contributed by atoms with E-state index >= 15 is 0 Å². The van der Waals surface area contributed by atoms with Gasteiger partial charge in [0, 0.05) is 18.2 Å². The Morgan fingerprint density at radius 1 is 1.43 bits per heavy atom. The second-order valence-corrected chi connectivity index (χ2v) is 5.46. The van der Waals surface area contributed by atoms with Crippen LogP contribution >= 0.6 is 11.3 Å². The van der Waals surface area contributed by atoms with E-state index in [1.807, 2.05) is 6.92 Å². The third kappa shape index (κ3) is 3.47. The Balaban J connectivity index is 2.17. The van der Waals surface area contributed by atoms with Crippen LogP contribution in [0.15, 0.2) is 18.3 Å². The Morgan fingerprint density at radius 3 is 2.86 bits per heavy atom. The van der Waals surface area contributed by atoms with Crippen LogP contribution < -0.4 is 5.32 Å². The third-order valence-corrected chi connectivity index (χ3v) is 3.59. The summed E-state index contributed by atoms with van der Waals surface area (Å²) in [6, 6.07) is 3.25. The Kier molecular flexibility index (Phi) is 4.71. The topological polar surface area (TPSA) is 82.5 Å². The maximum Gasteiger partial charge on any atom is 0.340 e. The lowest BCUT2D eigenvalue weighted by molar-refractivity contribution is 0.0602. The standard InChI is InChI=1S/C13H15N3O4S/c1-8-6-9(13(18)20-3)12(21-8)14-11(17)10-4-5-16(15-10)7-19-2/h4-6H,7H2,1-3H3,(H,14,17). The Labute approximate surface area is 125 Å². The smallest absolute Gasteiger partial charge is 0.340 e. The molecule has 21 heavy (non-hydrogen) atoms. The van der Waals surface area contributed by atoms with Crippen LogP contribution in [-0.2, 0) is 16.2 Å². The van der Waals surface area contributed by atoms with E-state index in [-0.39, 0.29) is 12.4 Å². The van der Waals surface area contributed by atoms with Crippen molar-refractivity contribution in [2.45, 2.75) is 13.7 Å². The van der Waals surface area contributed by atoms with Gasteiger partial charge in [0.2, 0.25) is 0 Å². The number of anilines is 1. The molecule has 0 saturated carbocycles. The van der Waals surface area contributed by atoms with Crippen molar-refractivity contribution in [2.24, 2.45) is 0 Å². The number of hydrogen-bond acceptors (Lipinski definition) is 6. The predicted octanol–water partition coefficient (Wildman–Crippen LogP) is 1.90. The van der Waals surface area contributed by atoms with Crippen LogP contribution in [0.1, 0.15) is 25.7 Å². The van der Waals surface area contributed by atoms with Gasteiger partial charge in [-0.25, -0.2) is 9.48 Å². The number of esters is 1. The van der Waals surface area contributed by atoms with E-state index in [9.17, 15) is 9.59 Å². The fraction of sp³-hybridized carbons (Fsp3) is 0.308. The summed E-state index contributed by atoms with van der Waals surface area (Å²) >= 11 is 1.31. The van der Waals surface area contributed by atoms with Crippen molar-refractivity contribution in [1.29, 1.82) is 0 Å². The number of aromatic nitrogens is 2. The predicted molar refractivity (Wildman–Crippen MR) is 77.6 cm³/mol. The van der Waals surface area contributed by atoms with Gasteiger partial charge in [0.25, 0.3) is 5.91 Å². The lowest BCUT2D eigenvalue weighted by atomic mass is 10.3. The van der Waals surface area contributed by atoms with Gasteiger partial charge < -0.3 is 14.8 Å². The van der Waals surface area contributed by atoms with Crippen LogP contribution in [0.2, 0.25) is 0 Å². The summed E-state index contributed by atoms with van der Waals surface area (Å²) in [5, 5.41) is 7.20. The summed E-state index contributed by atoms with van der Waals surface area (Å²) in [5.41, 5.74) is 0.582. The zero-order valence-corrected chi connectivity index (χ0v) is 12.7. The number of nitrogens with one attached hydrogen (secondary N) is 1. The van der Waals surface area contributed by atoms with E-state index < -0.39 is 11.9 Å². The van der Waals surface area contributed by atoms with Gasteiger partial charge in [0.1, 0.15) is 11.7 Å². The molecule has 0 unspecified atom stereocenters. The molecule has 112 valence electrons. The van der Waals surface area contributed by atoms with Gasteiger partial charge >= 0.3 is 5.97 Å². The molecule has 7 nitrogen and oxygen atoms in total. The van der Waals surface area contributed by atoms with Crippen molar-refractivity contribution >= 4 is 28.2 Å². The van der Waals surface area contributed by atoms with Gasteiger partial charge in [-0.1, -0.05) is 0 Å². The number of aryl methyl sites for hydroxylation is 1. The largest absolute Gasteiger partial charge is 0.465 e. The number of carbonyl (C=O) groups is 2. The van der Waals surface area contributed by atoms with E-state index in [0.717, 1.165) is 4.88 Å². The summed E-state index contributed by atoms with van der Waals surface area (Å²) in [7, 11) is 2.84. The van der Waals surface area contributed by atoms with Crippen molar-refractivity contribution in [1.82, 2.24) is 9.78 Å². The molecule has 0 aliphatic heterocycles. The molecule has 8 heteroatoms. The highest BCUT2D eigenvalue weighted by Gasteiger charge is 2.19. The van der Waals surface area contributed by atoms with Gasteiger partial charge in [0.05, 0.1) is 12.7 Å². The van der Waals surface area contributed by atoms with Crippen LogP contribution in [0.4, 0.5) is 5.00 Å². The molecule has 2 heterocycles. The first kappa shape index (κ1) is 15.2. The van der Waals surface area contributed by atoms with Crippen molar-refractivity contribution < 1.29 is 19.1 Å². The van der Waals surface area contributed by atoms with Crippen LogP contribution in [0.3, 0.4) is 0 Å². The minimum atomic E-state index is -0.487. The van der Waals surface area contributed by atoms with Crippen LogP contribution in [0.25, 0.3) is 0 Å². The first-order valence-corrected chi connectivity index (χ1v) is 6.89.